The van der Waals surface area contributed by atoms with E-state index in [1.165, 1.54) is 29.7 Å². The summed E-state index contributed by atoms with van der Waals surface area (Å²) in [5.41, 5.74) is 4.02. The van der Waals surface area contributed by atoms with Crippen molar-refractivity contribution in [2.45, 2.75) is 26.7 Å². The second kappa shape index (κ2) is 6.54. The van der Waals surface area contributed by atoms with Crippen LogP contribution < -0.4 is 10.2 Å². The van der Waals surface area contributed by atoms with Gasteiger partial charge in [-0.3, -0.25) is 0 Å². The molecule has 0 aliphatic heterocycles. The van der Waals surface area contributed by atoms with E-state index < -0.39 is 0 Å². The van der Waals surface area contributed by atoms with Crippen molar-refractivity contribution in [3.63, 3.8) is 0 Å². The number of nitrogens with one attached hydrogen (secondary N) is 1. The lowest BCUT2D eigenvalue weighted by Crippen LogP contribution is -2.20. The molecule has 1 aromatic rings. The topological polar surface area (TPSA) is 15.3 Å². The first kappa shape index (κ1) is 13.0. The van der Waals surface area contributed by atoms with Crippen LogP contribution >= 0.6 is 0 Å². The number of anilines is 1. The molecule has 1 N–H and O–H groups in total. The predicted octanol–water partition coefficient (Wildman–Crippen LogP) is 2.74. The lowest BCUT2D eigenvalue weighted by Gasteiger charge is -2.20. The van der Waals surface area contributed by atoms with E-state index in [4.69, 9.17) is 0 Å². The Morgan fingerprint density at radius 2 is 1.69 bits per heavy atom. The molecule has 0 aliphatic rings. The fourth-order valence-electron chi connectivity index (χ4n) is 1.95. The minimum absolute atomic E-state index is 1.11. The lowest BCUT2D eigenvalue weighted by atomic mass is 10.1. The minimum atomic E-state index is 1.11. The van der Waals surface area contributed by atoms with Crippen molar-refractivity contribution >= 4 is 5.69 Å². The molecule has 0 saturated heterocycles. The third kappa shape index (κ3) is 4.23. The number of unbranched alkanes of at least 4 members (excludes halogenated alkanes) is 1. The number of hydrogen-bond donors (Lipinski definition) is 1. The van der Waals surface area contributed by atoms with E-state index in [9.17, 15) is 0 Å². The molecule has 0 bridgehead atoms. The van der Waals surface area contributed by atoms with Gasteiger partial charge < -0.3 is 10.2 Å². The molecule has 2 nitrogen and oxygen atoms in total. The van der Waals surface area contributed by atoms with Crippen LogP contribution in [0.5, 0.6) is 0 Å². The zero-order valence-corrected chi connectivity index (χ0v) is 11.0. The van der Waals surface area contributed by atoms with Crippen LogP contribution in [-0.4, -0.2) is 27.2 Å². The summed E-state index contributed by atoms with van der Waals surface area (Å²) in [7, 11) is 4.18. The fourth-order valence-corrected chi connectivity index (χ4v) is 1.95. The fraction of sp³-hybridized carbons (Fsp3) is 0.571. The van der Waals surface area contributed by atoms with E-state index in [-0.39, 0.29) is 0 Å². The molecule has 0 amide bonds. The van der Waals surface area contributed by atoms with Gasteiger partial charge in [-0.15, -0.1) is 0 Å². The van der Waals surface area contributed by atoms with Crippen LogP contribution in [0.15, 0.2) is 18.2 Å². The highest BCUT2D eigenvalue weighted by molar-refractivity contribution is 5.50. The Balaban J connectivity index is 2.48. The molecule has 0 spiro atoms. The number of nitrogens with zero attached hydrogens (tertiary/aromatic N) is 1. The van der Waals surface area contributed by atoms with E-state index in [0.717, 1.165) is 13.1 Å². The Morgan fingerprint density at radius 3 is 2.25 bits per heavy atom. The smallest absolute Gasteiger partial charge is 0.0368 e. The lowest BCUT2D eigenvalue weighted by molar-refractivity contribution is 0.671. The molecular formula is C14H24N2. The van der Waals surface area contributed by atoms with E-state index in [1.54, 1.807) is 0 Å². The second-order valence-corrected chi connectivity index (χ2v) is 4.58. The Bertz CT molecular complexity index is 300. The molecule has 90 valence electrons. The Labute approximate surface area is 99.7 Å². The van der Waals surface area contributed by atoms with Gasteiger partial charge >= 0.3 is 0 Å². The average molecular weight is 220 g/mol. The minimum Gasteiger partial charge on any atom is -0.375 e. The SMILES string of the molecule is CNCCCCN(C)c1cc(C)cc(C)c1. The van der Waals surface area contributed by atoms with Crippen molar-refractivity contribution in [2.75, 3.05) is 32.1 Å². The molecule has 0 aromatic heterocycles. The molecule has 1 rings (SSSR count). The van der Waals surface area contributed by atoms with Crippen molar-refractivity contribution in [3.8, 4) is 0 Å². The van der Waals surface area contributed by atoms with Crippen molar-refractivity contribution in [1.29, 1.82) is 0 Å². The standard InChI is InChI=1S/C14H24N2/c1-12-9-13(2)11-14(10-12)16(4)8-6-5-7-15-3/h9-11,15H,5-8H2,1-4H3. The monoisotopic (exact) mass is 220 g/mol. The molecule has 0 atom stereocenters. The number of aryl methyl sites for hydroxylation is 2. The van der Waals surface area contributed by atoms with Crippen LogP contribution in [0.2, 0.25) is 0 Å². The van der Waals surface area contributed by atoms with Gasteiger partial charge in [0, 0.05) is 19.3 Å². The predicted molar refractivity (Wildman–Crippen MR) is 72.3 cm³/mol. The maximum atomic E-state index is 3.18. The van der Waals surface area contributed by atoms with E-state index in [0.29, 0.717) is 0 Å². The van der Waals surface area contributed by atoms with Gasteiger partial charge in [-0.1, -0.05) is 6.07 Å². The summed E-state index contributed by atoms with van der Waals surface area (Å²) < 4.78 is 0. The molecule has 0 radical (unpaired) electrons. The van der Waals surface area contributed by atoms with Crippen LogP contribution in [0.3, 0.4) is 0 Å². The average Bonchev–Trinajstić information content (AvgIpc) is 2.22. The van der Waals surface area contributed by atoms with Crippen molar-refractivity contribution in [1.82, 2.24) is 5.32 Å². The van der Waals surface area contributed by atoms with Gasteiger partial charge in [-0.2, -0.15) is 0 Å². The van der Waals surface area contributed by atoms with Crippen molar-refractivity contribution in [3.05, 3.63) is 29.3 Å². The first-order valence-corrected chi connectivity index (χ1v) is 6.07. The zero-order valence-electron chi connectivity index (χ0n) is 11.0. The van der Waals surface area contributed by atoms with Crippen LogP contribution in [0.4, 0.5) is 5.69 Å². The molecule has 0 fully saturated rings. The van der Waals surface area contributed by atoms with Crippen LogP contribution in [0.25, 0.3) is 0 Å². The molecule has 0 unspecified atom stereocenters. The quantitative estimate of drug-likeness (QED) is 0.742. The van der Waals surface area contributed by atoms with Crippen molar-refractivity contribution in [2.24, 2.45) is 0 Å². The molecule has 1 aromatic carbocycles. The summed E-state index contributed by atoms with van der Waals surface area (Å²) in [6.07, 6.45) is 2.48. The second-order valence-electron chi connectivity index (χ2n) is 4.58. The molecule has 16 heavy (non-hydrogen) atoms. The van der Waals surface area contributed by atoms with Gasteiger partial charge in [0.2, 0.25) is 0 Å². The maximum absolute atomic E-state index is 3.18. The van der Waals surface area contributed by atoms with Crippen LogP contribution in [0.1, 0.15) is 24.0 Å². The number of hydrogen-bond acceptors (Lipinski definition) is 2. The highest BCUT2D eigenvalue weighted by atomic mass is 15.1. The number of rotatable bonds is 6. The van der Waals surface area contributed by atoms with E-state index >= 15 is 0 Å². The Hall–Kier alpha value is -1.02. The first-order chi connectivity index (χ1) is 7.63. The third-order valence-corrected chi connectivity index (χ3v) is 2.82. The normalized spacial score (nSPS) is 10.5. The Morgan fingerprint density at radius 1 is 1.06 bits per heavy atom. The summed E-state index contributed by atoms with van der Waals surface area (Å²) in [6.45, 7) is 6.56. The molecule has 0 saturated carbocycles. The molecule has 0 heterocycles. The first-order valence-electron chi connectivity index (χ1n) is 6.07. The largest absolute Gasteiger partial charge is 0.375 e. The van der Waals surface area contributed by atoms with Gasteiger partial charge in [0.05, 0.1) is 0 Å². The molecular weight excluding hydrogens is 196 g/mol. The highest BCUT2D eigenvalue weighted by Gasteiger charge is 2.01. The molecule has 2 heteroatoms. The van der Waals surface area contributed by atoms with Gasteiger partial charge in [-0.05, 0) is 63.5 Å². The summed E-state index contributed by atoms with van der Waals surface area (Å²) in [6, 6.07) is 6.73. The van der Waals surface area contributed by atoms with Crippen molar-refractivity contribution < 1.29 is 0 Å². The molecule has 0 aliphatic carbocycles. The van der Waals surface area contributed by atoms with Gasteiger partial charge in [0.15, 0.2) is 0 Å². The highest BCUT2D eigenvalue weighted by Crippen LogP contribution is 2.17. The summed E-state index contributed by atoms with van der Waals surface area (Å²) in [4.78, 5) is 2.34. The maximum Gasteiger partial charge on any atom is 0.0368 e. The van der Waals surface area contributed by atoms with E-state index in [1.807, 2.05) is 7.05 Å². The summed E-state index contributed by atoms with van der Waals surface area (Å²) in [5.74, 6) is 0. The Kier molecular flexibility index (Phi) is 5.33. The zero-order chi connectivity index (χ0) is 12.0. The number of benzene rings is 1. The van der Waals surface area contributed by atoms with Crippen LogP contribution in [0, 0.1) is 13.8 Å². The van der Waals surface area contributed by atoms with Gasteiger partial charge in [0.1, 0.15) is 0 Å². The van der Waals surface area contributed by atoms with E-state index in [2.05, 4.69) is 49.3 Å². The summed E-state index contributed by atoms with van der Waals surface area (Å²) in [5, 5.41) is 3.18. The third-order valence-electron chi connectivity index (χ3n) is 2.82. The van der Waals surface area contributed by atoms with Gasteiger partial charge in [0.25, 0.3) is 0 Å². The summed E-state index contributed by atoms with van der Waals surface area (Å²) >= 11 is 0. The van der Waals surface area contributed by atoms with Gasteiger partial charge in [-0.25, -0.2) is 0 Å². The van der Waals surface area contributed by atoms with Crippen LogP contribution in [-0.2, 0) is 0 Å².